The second kappa shape index (κ2) is 2.95. The van der Waals surface area contributed by atoms with E-state index in [9.17, 15) is 9.59 Å². The first-order chi connectivity index (χ1) is 6.72. The summed E-state index contributed by atoms with van der Waals surface area (Å²) in [6.07, 6.45) is 0.648. The standard InChI is InChI=1S/C9H6N2O3/c10-8(13)9-11-7-5(4-12)2-1-3-6(7)14-9/h1-4H,(H2,10,13). The number of para-hydroxylation sites is 1. The number of fused-ring (bicyclic) bond motifs is 1. The van der Waals surface area contributed by atoms with E-state index in [4.69, 9.17) is 10.2 Å². The third kappa shape index (κ3) is 1.15. The van der Waals surface area contributed by atoms with Gasteiger partial charge in [0.2, 0.25) is 0 Å². The Labute approximate surface area is 78.5 Å². The first-order valence-corrected chi connectivity index (χ1v) is 3.87. The van der Waals surface area contributed by atoms with Gasteiger partial charge in [0.1, 0.15) is 5.52 Å². The molecule has 0 saturated carbocycles. The van der Waals surface area contributed by atoms with E-state index in [2.05, 4.69) is 4.98 Å². The Kier molecular flexibility index (Phi) is 1.78. The van der Waals surface area contributed by atoms with Gasteiger partial charge in [0, 0.05) is 5.56 Å². The van der Waals surface area contributed by atoms with E-state index < -0.39 is 5.91 Å². The minimum absolute atomic E-state index is 0.186. The summed E-state index contributed by atoms with van der Waals surface area (Å²) in [6, 6.07) is 4.84. The van der Waals surface area contributed by atoms with Gasteiger partial charge in [-0.15, -0.1) is 0 Å². The van der Waals surface area contributed by atoms with Gasteiger partial charge in [0.25, 0.3) is 5.89 Å². The fraction of sp³-hybridized carbons (Fsp3) is 0. The molecule has 5 nitrogen and oxygen atoms in total. The molecule has 0 aliphatic rings. The van der Waals surface area contributed by atoms with Crippen molar-refractivity contribution >= 4 is 23.3 Å². The Balaban J connectivity index is 2.76. The monoisotopic (exact) mass is 190 g/mol. The summed E-state index contributed by atoms with van der Waals surface area (Å²) < 4.78 is 5.03. The van der Waals surface area contributed by atoms with Crippen LogP contribution in [0, 0.1) is 0 Å². The number of primary amides is 1. The van der Waals surface area contributed by atoms with Crippen molar-refractivity contribution in [1.82, 2.24) is 4.98 Å². The molecule has 0 aliphatic heterocycles. The summed E-state index contributed by atoms with van der Waals surface area (Å²) in [6.45, 7) is 0. The molecule has 0 fully saturated rings. The van der Waals surface area contributed by atoms with Crippen LogP contribution < -0.4 is 5.73 Å². The number of nitrogens with zero attached hydrogens (tertiary/aromatic N) is 1. The number of aromatic nitrogens is 1. The topological polar surface area (TPSA) is 86.2 Å². The van der Waals surface area contributed by atoms with E-state index in [1.807, 2.05) is 0 Å². The van der Waals surface area contributed by atoms with Gasteiger partial charge in [-0.2, -0.15) is 0 Å². The van der Waals surface area contributed by atoms with E-state index in [1.165, 1.54) is 0 Å². The summed E-state index contributed by atoms with van der Waals surface area (Å²) in [5.41, 5.74) is 6.10. The molecule has 2 N–H and O–H groups in total. The van der Waals surface area contributed by atoms with Crippen molar-refractivity contribution in [2.45, 2.75) is 0 Å². The molecule has 0 radical (unpaired) electrons. The molecule has 0 unspecified atom stereocenters. The Bertz CT molecular complexity index is 516. The van der Waals surface area contributed by atoms with Gasteiger partial charge in [0.15, 0.2) is 11.9 Å². The van der Waals surface area contributed by atoms with E-state index in [-0.39, 0.29) is 5.89 Å². The molecule has 14 heavy (non-hydrogen) atoms. The highest BCUT2D eigenvalue weighted by atomic mass is 16.4. The molecule has 1 aromatic carbocycles. The second-order valence-electron chi connectivity index (χ2n) is 2.70. The number of rotatable bonds is 2. The van der Waals surface area contributed by atoms with E-state index in [0.717, 1.165) is 0 Å². The van der Waals surface area contributed by atoms with Gasteiger partial charge >= 0.3 is 5.91 Å². The molecular weight excluding hydrogens is 184 g/mol. The molecule has 1 aromatic heterocycles. The molecule has 2 rings (SSSR count). The van der Waals surface area contributed by atoms with Gasteiger partial charge < -0.3 is 10.2 Å². The molecule has 5 heteroatoms. The first-order valence-electron chi connectivity index (χ1n) is 3.87. The minimum atomic E-state index is -0.752. The van der Waals surface area contributed by atoms with Crippen LogP contribution in [0.5, 0.6) is 0 Å². The smallest absolute Gasteiger partial charge is 0.304 e. The third-order valence-corrected chi connectivity index (χ3v) is 1.79. The molecule has 2 aromatic rings. The molecule has 70 valence electrons. The van der Waals surface area contributed by atoms with Gasteiger partial charge in [-0.05, 0) is 12.1 Å². The lowest BCUT2D eigenvalue weighted by Crippen LogP contribution is -2.10. The quantitative estimate of drug-likeness (QED) is 0.707. The number of benzene rings is 1. The van der Waals surface area contributed by atoms with Crippen molar-refractivity contribution in [3.63, 3.8) is 0 Å². The maximum absolute atomic E-state index is 10.7. The lowest BCUT2D eigenvalue weighted by atomic mass is 10.2. The fourth-order valence-corrected chi connectivity index (χ4v) is 1.17. The highest BCUT2D eigenvalue weighted by Gasteiger charge is 2.12. The predicted octanol–water partition coefficient (Wildman–Crippen LogP) is 0.739. The number of amides is 1. The molecule has 0 atom stereocenters. The van der Waals surface area contributed by atoms with E-state index in [1.54, 1.807) is 18.2 Å². The van der Waals surface area contributed by atoms with Gasteiger partial charge in [0.05, 0.1) is 0 Å². The highest BCUT2D eigenvalue weighted by molar-refractivity contribution is 5.96. The maximum atomic E-state index is 10.7. The van der Waals surface area contributed by atoms with Crippen LogP contribution in [0.1, 0.15) is 21.0 Å². The number of carbonyl (C=O) groups excluding carboxylic acids is 2. The molecule has 0 spiro atoms. The van der Waals surface area contributed by atoms with E-state index in [0.29, 0.717) is 22.9 Å². The number of hydrogen-bond acceptors (Lipinski definition) is 4. The molecule has 1 amide bonds. The normalized spacial score (nSPS) is 10.3. The zero-order valence-corrected chi connectivity index (χ0v) is 7.06. The molecule has 0 saturated heterocycles. The summed E-state index contributed by atoms with van der Waals surface area (Å²) in [7, 11) is 0. The second-order valence-corrected chi connectivity index (χ2v) is 2.70. The van der Waals surface area contributed by atoms with Crippen molar-refractivity contribution in [3.8, 4) is 0 Å². The number of aldehydes is 1. The molecule has 0 bridgehead atoms. The van der Waals surface area contributed by atoms with Gasteiger partial charge in [-0.25, -0.2) is 4.98 Å². The largest absolute Gasteiger partial charge is 0.432 e. The van der Waals surface area contributed by atoms with Crippen LogP contribution in [-0.2, 0) is 0 Å². The highest BCUT2D eigenvalue weighted by Crippen LogP contribution is 2.17. The molecule has 1 heterocycles. The average Bonchev–Trinajstić information content (AvgIpc) is 2.60. The van der Waals surface area contributed by atoms with Crippen molar-refractivity contribution in [2.24, 2.45) is 5.73 Å². The van der Waals surface area contributed by atoms with Crippen molar-refractivity contribution in [3.05, 3.63) is 29.7 Å². The Morgan fingerprint density at radius 2 is 2.29 bits per heavy atom. The lowest BCUT2D eigenvalue weighted by molar-refractivity contribution is 0.0969. The summed E-state index contributed by atoms with van der Waals surface area (Å²) >= 11 is 0. The molecule has 0 aliphatic carbocycles. The van der Waals surface area contributed by atoms with Gasteiger partial charge in [-0.3, -0.25) is 9.59 Å². The zero-order valence-electron chi connectivity index (χ0n) is 7.06. The Morgan fingerprint density at radius 1 is 1.50 bits per heavy atom. The third-order valence-electron chi connectivity index (χ3n) is 1.79. The van der Waals surface area contributed by atoms with Crippen LogP contribution in [0.2, 0.25) is 0 Å². The average molecular weight is 190 g/mol. The van der Waals surface area contributed by atoms with Crippen LogP contribution in [0.3, 0.4) is 0 Å². The number of oxazole rings is 1. The lowest BCUT2D eigenvalue weighted by Gasteiger charge is -1.87. The summed E-state index contributed by atoms with van der Waals surface area (Å²) in [4.78, 5) is 25.2. The van der Waals surface area contributed by atoms with Crippen LogP contribution in [0.4, 0.5) is 0 Å². The minimum Gasteiger partial charge on any atom is -0.432 e. The van der Waals surface area contributed by atoms with Crippen LogP contribution >= 0.6 is 0 Å². The number of carbonyl (C=O) groups is 2. The van der Waals surface area contributed by atoms with Crippen molar-refractivity contribution in [2.75, 3.05) is 0 Å². The fourth-order valence-electron chi connectivity index (χ4n) is 1.17. The molecular formula is C9H6N2O3. The van der Waals surface area contributed by atoms with Crippen molar-refractivity contribution in [1.29, 1.82) is 0 Å². The van der Waals surface area contributed by atoms with Crippen LogP contribution in [0.15, 0.2) is 22.6 Å². The van der Waals surface area contributed by atoms with E-state index >= 15 is 0 Å². The van der Waals surface area contributed by atoms with Crippen LogP contribution in [0.25, 0.3) is 11.1 Å². The summed E-state index contributed by atoms with van der Waals surface area (Å²) in [5.74, 6) is -0.938. The SMILES string of the molecule is NC(=O)c1nc2c(C=O)cccc2o1. The Hall–Kier alpha value is -2.17. The van der Waals surface area contributed by atoms with Crippen LogP contribution in [-0.4, -0.2) is 17.2 Å². The van der Waals surface area contributed by atoms with Gasteiger partial charge in [-0.1, -0.05) is 6.07 Å². The van der Waals surface area contributed by atoms with Crippen molar-refractivity contribution < 1.29 is 14.0 Å². The maximum Gasteiger partial charge on any atom is 0.304 e. The number of hydrogen-bond donors (Lipinski definition) is 1. The zero-order chi connectivity index (χ0) is 10.1. The summed E-state index contributed by atoms with van der Waals surface area (Å²) in [5, 5.41) is 0. The first kappa shape index (κ1) is 8.43. The Morgan fingerprint density at radius 3 is 2.93 bits per heavy atom. The number of nitrogens with two attached hydrogens (primary N) is 1. The predicted molar refractivity (Wildman–Crippen MR) is 47.9 cm³/mol.